The third kappa shape index (κ3) is 4.69. The zero-order chi connectivity index (χ0) is 17.5. The van der Waals surface area contributed by atoms with Gasteiger partial charge in [0.1, 0.15) is 16.9 Å². The molecule has 1 atom stereocenters. The van der Waals surface area contributed by atoms with Gasteiger partial charge in [-0.1, -0.05) is 13.8 Å². The van der Waals surface area contributed by atoms with E-state index in [4.69, 9.17) is 14.2 Å². The average Bonchev–Trinajstić information content (AvgIpc) is 2.58. The van der Waals surface area contributed by atoms with Gasteiger partial charge in [-0.15, -0.1) is 0 Å². The zero-order valence-electron chi connectivity index (χ0n) is 14.4. The van der Waals surface area contributed by atoms with Crippen LogP contribution >= 0.6 is 0 Å². The molecule has 0 saturated heterocycles. The van der Waals surface area contributed by atoms with E-state index in [0.717, 1.165) is 6.42 Å². The largest absolute Gasteiger partial charge is 0.496 e. The van der Waals surface area contributed by atoms with E-state index in [0.29, 0.717) is 24.5 Å². The molecule has 0 radical (unpaired) electrons. The Hall–Kier alpha value is -2.08. The smallest absolute Gasteiger partial charge is 0.341 e. The number of methoxy groups -OCH3 is 2. The minimum absolute atomic E-state index is 0.250. The lowest BCUT2D eigenvalue weighted by molar-refractivity contribution is -0.139. The standard InChI is InChI=1S/C17H25NO5/c1-6-10-23-17(3,7-2)16(20)18-12-8-9-14(21-4)13(11-12)15(19)22-5/h8-9,11H,6-7,10H2,1-5H3,(H,18,20). The van der Waals surface area contributed by atoms with Gasteiger partial charge in [-0.05, 0) is 38.0 Å². The van der Waals surface area contributed by atoms with Crippen molar-refractivity contribution in [2.24, 2.45) is 0 Å². The van der Waals surface area contributed by atoms with Gasteiger partial charge in [-0.3, -0.25) is 4.79 Å². The van der Waals surface area contributed by atoms with Crippen LogP contribution in [0.3, 0.4) is 0 Å². The first-order valence-electron chi connectivity index (χ1n) is 7.63. The monoisotopic (exact) mass is 323 g/mol. The highest BCUT2D eigenvalue weighted by molar-refractivity contribution is 5.99. The van der Waals surface area contributed by atoms with Crippen molar-refractivity contribution in [3.63, 3.8) is 0 Å². The molecular formula is C17H25NO5. The van der Waals surface area contributed by atoms with Crippen molar-refractivity contribution < 1.29 is 23.8 Å². The first kappa shape index (κ1) is 19.0. The molecule has 0 fully saturated rings. The van der Waals surface area contributed by atoms with Gasteiger partial charge in [0.25, 0.3) is 5.91 Å². The summed E-state index contributed by atoms with van der Waals surface area (Å²) in [6.45, 7) is 6.14. The number of carbonyl (C=O) groups is 2. The molecule has 0 spiro atoms. The van der Waals surface area contributed by atoms with Crippen LogP contribution in [-0.4, -0.2) is 38.3 Å². The summed E-state index contributed by atoms with van der Waals surface area (Å²) in [5.41, 5.74) is -0.182. The molecule has 0 aromatic heterocycles. The Morgan fingerprint density at radius 2 is 1.91 bits per heavy atom. The summed E-state index contributed by atoms with van der Waals surface area (Å²) in [7, 11) is 2.76. The van der Waals surface area contributed by atoms with Gasteiger partial charge in [0, 0.05) is 12.3 Å². The molecule has 1 N–H and O–H groups in total. The number of ether oxygens (including phenoxy) is 3. The maximum Gasteiger partial charge on any atom is 0.341 e. The fourth-order valence-electron chi connectivity index (χ4n) is 1.97. The Morgan fingerprint density at radius 3 is 2.43 bits per heavy atom. The molecule has 23 heavy (non-hydrogen) atoms. The van der Waals surface area contributed by atoms with E-state index in [1.54, 1.807) is 19.1 Å². The minimum Gasteiger partial charge on any atom is -0.496 e. The molecular weight excluding hydrogens is 298 g/mol. The summed E-state index contributed by atoms with van der Waals surface area (Å²) in [6.07, 6.45) is 1.37. The van der Waals surface area contributed by atoms with Gasteiger partial charge in [-0.25, -0.2) is 4.79 Å². The van der Waals surface area contributed by atoms with Crippen molar-refractivity contribution in [3.8, 4) is 5.75 Å². The van der Waals surface area contributed by atoms with Crippen molar-refractivity contribution >= 4 is 17.6 Å². The van der Waals surface area contributed by atoms with Crippen LogP contribution < -0.4 is 10.1 Å². The molecule has 0 aliphatic rings. The molecule has 1 amide bonds. The van der Waals surface area contributed by atoms with Crippen LogP contribution in [0.2, 0.25) is 0 Å². The van der Waals surface area contributed by atoms with E-state index >= 15 is 0 Å². The number of nitrogens with one attached hydrogen (secondary N) is 1. The molecule has 1 aromatic carbocycles. The van der Waals surface area contributed by atoms with Gasteiger partial charge in [0.05, 0.1) is 14.2 Å². The predicted molar refractivity (Wildman–Crippen MR) is 87.9 cm³/mol. The van der Waals surface area contributed by atoms with Crippen LogP contribution in [0.4, 0.5) is 5.69 Å². The predicted octanol–water partition coefficient (Wildman–Crippen LogP) is 3.02. The Balaban J connectivity index is 2.99. The van der Waals surface area contributed by atoms with E-state index < -0.39 is 11.6 Å². The van der Waals surface area contributed by atoms with E-state index in [2.05, 4.69) is 5.32 Å². The van der Waals surface area contributed by atoms with Crippen LogP contribution in [0.1, 0.15) is 44.0 Å². The van der Waals surface area contributed by atoms with Crippen LogP contribution in [0, 0.1) is 0 Å². The molecule has 1 aromatic rings. The van der Waals surface area contributed by atoms with E-state index in [1.165, 1.54) is 20.3 Å². The van der Waals surface area contributed by atoms with Crippen LogP contribution in [0.5, 0.6) is 5.75 Å². The van der Waals surface area contributed by atoms with Gasteiger partial charge in [0.15, 0.2) is 0 Å². The topological polar surface area (TPSA) is 73.9 Å². The number of carbonyl (C=O) groups excluding carboxylic acids is 2. The van der Waals surface area contributed by atoms with Gasteiger partial charge in [0.2, 0.25) is 0 Å². The van der Waals surface area contributed by atoms with E-state index in [1.807, 2.05) is 13.8 Å². The first-order chi connectivity index (χ1) is 10.9. The second kappa shape index (κ2) is 8.53. The first-order valence-corrected chi connectivity index (χ1v) is 7.63. The number of anilines is 1. The quantitative estimate of drug-likeness (QED) is 0.744. The highest BCUT2D eigenvalue weighted by atomic mass is 16.5. The van der Waals surface area contributed by atoms with Gasteiger partial charge in [-0.2, -0.15) is 0 Å². The van der Waals surface area contributed by atoms with Crippen molar-refractivity contribution in [1.29, 1.82) is 0 Å². The summed E-state index contributed by atoms with van der Waals surface area (Å²) >= 11 is 0. The molecule has 128 valence electrons. The summed E-state index contributed by atoms with van der Waals surface area (Å²) < 4.78 is 15.5. The Bertz CT molecular complexity index is 558. The second-order valence-corrected chi connectivity index (χ2v) is 5.29. The molecule has 0 bridgehead atoms. The highest BCUT2D eigenvalue weighted by Gasteiger charge is 2.32. The average molecular weight is 323 g/mol. The normalized spacial score (nSPS) is 13.1. The fraction of sp³-hybridized carbons (Fsp3) is 0.529. The molecule has 0 heterocycles. The summed E-state index contributed by atoms with van der Waals surface area (Å²) in [5, 5.41) is 2.79. The van der Waals surface area contributed by atoms with E-state index in [9.17, 15) is 9.59 Å². The van der Waals surface area contributed by atoms with E-state index in [-0.39, 0.29) is 11.5 Å². The molecule has 1 unspecified atom stereocenters. The lowest BCUT2D eigenvalue weighted by Gasteiger charge is -2.27. The number of amides is 1. The minimum atomic E-state index is -0.915. The number of hydrogen-bond acceptors (Lipinski definition) is 5. The molecule has 1 rings (SSSR count). The maximum atomic E-state index is 12.5. The summed E-state index contributed by atoms with van der Waals surface area (Å²) in [6, 6.07) is 4.80. The molecule has 0 saturated carbocycles. The maximum absolute atomic E-state index is 12.5. The van der Waals surface area contributed by atoms with Crippen molar-refractivity contribution in [3.05, 3.63) is 23.8 Å². The zero-order valence-corrected chi connectivity index (χ0v) is 14.4. The third-order valence-electron chi connectivity index (χ3n) is 3.64. The number of benzene rings is 1. The van der Waals surface area contributed by atoms with Gasteiger partial charge >= 0.3 is 5.97 Å². The molecule has 6 nitrogen and oxygen atoms in total. The van der Waals surface area contributed by atoms with Gasteiger partial charge < -0.3 is 19.5 Å². The summed E-state index contributed by atoms with van der Waals surface area (Å²) in [5.74, 6) is -0.400. The second-order valence-electron chi connectivity index (χ2n) is 5.29. The van der Waals surface area contributed by atoms with Crippen molar-refractivity contribution in [1.82, 2.24) is 0 Å². The third-order valence-corrected chi connectivity index (χ3v) is 3.64. The summed E-state index contributed by atoms with van der Waals surface area (Å²) in [4.78, 5) is 24.3. The van der Waals surface area contributed by atoms with Crippen molar-refractivity contribution in [2.75, 3.05) is 26.1 Å². The van der Waals surface area contributed by atoms with Crippen LogP contribution in [0.15, 0.2) is 18.2 Å². The molecule has 6 heteroatoms. The van der Waals surface area contributed by atoms with Crippen LogP contribution in [0.25, 0.3) is 0 Å². The fourth-order valence-corrected chi connectivity index (χ4v) is 1.97. The van der Waals surface area contributed by atoms with Crippen molar-refractivity contribution in [2.45, 2.75) is 39.2 Å². The SMILES string of the molecule is CCCOC(C)(CC)C(=O)Nc1ccc(OC)c(C(=O)OC)c1. The number of rotatable bonds is 8. The molecule has 0 aliphatic carbocycles. The molecule has 0 aliphatic heterocycles. The highest BCUT2D eigenvalue weighted by Crippen LogP contribution is 2.25. The lowest BCUT2D eigenvalue weighted by Crippen LogP contribution is -2.42. The Labute approximate surface area is 137 Å². The number of hydrogen-bond donors (Lipinski definition) is 1. The lowest BCUT2D eigenvalue weighted by atomic mass is 10.0. The Morgan fingerprint density at radius 1 is 1.22 bits per heavy atom. The number of esters is 1. The van der Waals surface area contributed by atoms with Crippen LogP contribution in [-0.2, 0) is 14.3 Å². The Kier molecular flexibility index (Phi) is 7.03.